The number of aromatic nitrogens is 2. The van der Waals surface area contributed by atoms with E-state index in [2.05, 4.69) is 43.7 Å². The quantitative estimate of drug-likeness (QED) is 0.867. The number of hydrogen-bond donors (Lipinski definition) is 1. The van der Waals surface area contributed by atoms with E-state index in [-0.39, 0.29) is 0 Å². The van der Waals surface area contributed by atoms with Gasteiger partial charge in [-0.15, -0.1) is 0 Å². The van der Waals surface area contributed by atoms with E-state index in [0.29, 0.717) is 5.92 Å². The minimum atomic E-state index is 0.687. The average Bonchev–Trinajstić information content (AvgIpc) is 2.93. The van der Waals surface area contributed by atoms with Crippen LogP contribution in [0.25, 0.3) is 11.0 Å². The lowest BCUT2D eigenvalue weighted by molar-refractivity contribution is 0.183. The number of aromatic amines is 1. The molecule has 96 valence electrons. The minimum absolute atomic E-state index is 0.687. The van der Waals surface area contributed by atoms with Gasteiger partial charge in [0.25, 0.3) is 0 Å². The molecular formula is C13H15BrN2OS. The van der Waals surface area contributed by atoms with E-state index in [1.54, 1.807) is 0 Å². The second-order valence-corrected chi connectivity index (χ2v) is 6.06. The van der Waals surface area contributed by atoms with Crippen molar-refractivity contribution in [2.75, 3.05) is 13.2 Å². The summed E-state index contributed by atoms with van der Waals surface area (Å²) in [6, 6.07) is 6.23. The third-order valence-corrected chi connectivity index (χ3v) is 4.34. The van der Waals surface area contributed by atoms with Gasteiger partial charge < -0.3 is 14.3 Å². The van der Waals surface area contributed by atoms with Crippen LogP contribution in [0.2, 0.25) is 0 Å². The number of nitrogens with one attached hydrogen (secondary N) is 1. The molecule has 0 aliphatic carbocycles. The summed E-state index contributed by atoms with van der Waals surface area (Å²) in [4.78, 5) is 3.26. The number of hydrogen-bond acceptors (Lipinski definition) is 2. The molecule has 1 atom stereocenters. The van der Waals surface area contributed by atoms with E-state index in [0.717, 1.165) is 40.9 Å². The van der Waals surface area contributed by atoms with E-state index < -0.39 is 0 Å². The number of fused-ring (bicyclic) bond motifs is 1. The van der Waals surface area contributed by atoms with E-state index in [1.807, 2.05) is 0 Å². The van der Waals surface area contributed by atoms with Gasteiger partial charge in [-0.05, 0) is 49.2 Å². The first-order valence-corrected chi connectivity index (χ1v) is 7.40. The second-order valence-electron chi connectivity index (χ2n) is 4.76. The van der Waals surface area contributed by atoms with Gasteiger partial charge in [-0.1, -0.05) is 15.9 Å². The second kappa shape index (κ2) is 5.15. The number of rotatable bonds is 3. The Morgan fingerprint density at radius 3 is 3.17 bits per heavy atom. The summed E-state index contributed by atoms with van der Waals surface area (Å²) in [5, 5.41) is 0. The summed E-state index contributed by atoms with van der Waals surface area (Å²) in [5.74, 6) is 0.687. The fraction of sp³-hybridized carbons (Fsp3) is 0.462. The Kier molecular flexibility index (Phi) is 3.54. The summed E-state index contributed by atoms with van der Waals surface area (Å²) in [7, 11) is 0. The highest BCUT2D eigenvalue weighted by atomic mass is 79.9. The fourth-order valence-corrected chi connectivity index (χ4v) is 3.14. The van der Waals surface area contributed by atoms with Gasteiger partial charge in [0.05, 0.1) is 11.0 Å². The highest BCUT2D eigenvalue weighted by molar-refractivity contribution is 9.10. The molecule has 1 N–H and O–H groups in total. The van der Waals surface area contributed by atoms with E-state index in [9.17, 15) is 0 Å². The number of ether oxygens (including phenoxy) is 1. The van der Waals surface area contributed by atoms with Gasteiger partial charge in [0.2, 0.25) is 0 Å². The van der Waals surface area contributed by atoms with Crippen molar-refractivity contribution in [3.05, 3.63) is 27.4 Å². The molecule has 0 saturated carbocycles. The first-order valence-electron chi connectivity index (χ1n) is 6.20. The molecule has 1 aromatic heterocycles. The summed E-state index contributed by atoms with van der Waals surface area (Å²) in [6.45, 7) is 2.78. The van der Waals surface area contributed by atoms with Crippen molar-refractivity contribution in [2.24, 2.45) is 5.92 Å². The monoisotopic (exact) mass is 326 g/mol. The standard InChI is InChI=1S/C13H15BrN2OS/c14-10-1-2-12-11(7-10)15-13(18)16(12)5-3-9-4-6-17-8-9/h1-2,7,9H,3-6,8H2,(H,15,18). The van der Waals surface area contributed by atoms with Crippen LogP contribution in [0.15, 0.2) is 22.7 Å². The first-order chi connectivity index (χ1) is 8.74. The third kappa shape index (κ3) is 2.39. The molecule has 0 spiro atoms. The number of halogens is 1. The molecule has 1 aliphatic heterocycles. The summed E-state index contributed by atoms with van der Waals surface area (Å²) in [5.41, 5.74) is 2.28. The molecule has 18 heavy (non-hydrogen) atoms. The fourth-order valence-electron chi connectivity index (χ4n) is 2.48. The van der Waals surface area contributed by atoms with Crippen molar-refractivity contribution in [3.63, 3.8) is 0 Å². The van der Waals surface area contributed by atoms with Gasteiger partial charge in [-0.3, -0.25) is 0 Å². The van der Waals surface area contributed by atoms with Gasteiger partial charge in [0.15, 0.2) is 4.77 Å². The van der Waals surface area contributed by atoms with Crippen LogP contribution >= 0.6 is 28.1 Å². The Bertz CT molecular complexity index is 613. The van der Waals surface area contributed by atoms with E-state index in [4.69, 9.17) is 17.0 Å². The average molecular weight is 327 g/mol. The van der Waals surface area contributed by atoms with Crippen molar-refractivity contribution in [1.29, 1.82) is 0 Å². The lowest BCUT2D eigenvalue weighted by atomic mass is 10.1. The van der Waals surface area contributed by atoms with Gasteiger partial charge in [-0.2, -0.15) is 0 Å². The maximum Gasteiger partial charge on any atom is 0.178 e. The molecule has 1 saturated heterocycles. The van der Waals surface area contributed by atoms with Crippen LogP contribution in [-0.4, -0.2) is 22.8 Å². The van der Waals surface area contributed by atoms with E-state index >= 15 is 0 Å². The van der Waals surface area contributed by atoms with Gasteiger partial charge in [0.1, 0.15) is 0 Å². The van der Waals surface area contributed by atoms with Crippen molar-refractivity contribution in [3.8, 4) is 0 Å². The Balaban J connectivity index is 1.86. The Hall–Kier alpha value is -0.650. The number of nitrogens with zero attached hydrogens (tertiary/aromatic N) is 1. The highest BCUT2D eigenvalue weighted by Gasteiger charge is 2.16. The van der Waals surface area contributed by atoms with Crippen LogP contribution in [0.5, 0.6) is 0 Å². The molecular weight excluding hydrogens is 312 g/mol. The molecule has 1 aliphatic rings. The number of benzene rings is 1. The van der Waals surface area contributed by atoms with Gasteiger partial charge in [0, 0.05) is 24.2 Å². The third-order valence-electron chi connectivity index (χ3n) is 3.52. The number of H-pyrrole nitrogens is 1. The minimum Gasteiger partial charge on any atom is -0.381 e. The Morgan fingerprint density at radius 2 is 2.39 bits per heavy atom. The van der Waals surface area contributed by atoms with E-state index in [1.165, 1.54) is 11.9 Å². The molecule has 2 heterocycles. The number of aryl methyl sites for hydroxylation is 1. The van der Waals surface area contributed by atoms with Crippen LogP contribution in [0, 0.1) is 10.7 Å². The van der Waals surface area contributed by atoms with Crippen LogP contribution in [0.1, 0.15) is 12.8 Å². The molecule has 1 aromatic carbocycles. The molecule has 5 heteroatoms. The summed E-state index contributed by atoms with van der Waals surface area (Å²) in [6.07, 6.45) is 2.32. The van der Waals surface area contributed by atoms with Crippen LogP contribution in [0.4, 0.5) is 0 Å². The summed E-state index contributed by atoms with van der Waals surface area (Å²) < 4.78 is 9.48. The maximum atomic E-state index is 5.41. The smallest absolute Gasteiger partial charge is 0.178 e. The van der Waals surface area contributed by atoms with Gasteiger partial charge >= 0.3 is 0 Å². The van der Waals surface area contributed by atoms with Crippen LogP contribution < -0.4 is 0 Å². The largest absolute Gasteiger partial charge is 0.381 e. The number of imidazole rings is 1. The maximum absolute atomic E-state index is 5.41. The Labute approximate surface area is 119 Å². The lowest BCUT2D eigenvalue weighted by Crippen LogP contribution is -2.06. The topological polar surface area (TPSA) is 29.9 Å². The normalized spacial score (nSPS) is 19.7. The highest BCUT2D eigenvalue weighted by Crippen LogP contribution is 2.22. The zero-order chi connectivity index (χ0) is 12.5. The first kappa shape index (κ1) is 12.4. The van der Waals surface area contributed by atoms with Gasteiger partial charge in [-0.25, -0.2) is 0 Å². The zero-order valence-corrected chi connectivity index (χ0v) is 12.4. The molecule has 2 aromatic rings. The predicted octanol–water partition coefficient (Wildman–Crippen LogP) is 3.89. The van der Waals surface area contributed by atoms with Crippen molar-refractivity contribution in [1.82, 2.24) is 9.55 Å². The van der Waals surface area contributed by atoms with Crippen LogP contribution in [0.3, 0.4) is 0 Å². The van der Waals surface area contributed by atoms with Crippen LogP contribution in [-0.2, 0) is 11.3 Å². The Morgan fingerprint density at radius 1 is 1.50 bits per heavy atom. The SMILES string of the molecule is S=c1[nH]c2cc(Br)ccc2n1CCC1CCOC1. The summed E-state index contributed by atoms with van der Waals surface area (Å²) >= 11 is 8.88. The van der Waals surface area contributed by atoms with Crippen molar-refractivity contribution in [2.45, 2.75) is 19.4 Å². The molecule has 3 rings (SSSR count). The lowest BCUT2D eigenvalue weighted by Gasteiger charge is -2.08. The predicted molar refractivity (Wildman–Crippen MR) is 78.4 cm³/mol. The van der Waals surface area contributed by atoms with Crippen molar-refractivity contribution < 1.29 is 4.74 Å². The molecule has 0 amide bonds. The molecule has 1 fully saturated rings. The zero-order valence-electron chi connectivity index (χ0n) is 9.99. The molecule has 1 unspecified atom stereocenters. The van der Waals surface area contributed by atoms with Crippen molar-refractivity contribution >= 4 is 39.2 Å². The molecule has 0 radical (unpaired) electrons. The molecule has 3 nitrogen and oxygen atoms in total. The molecule has 0 bridgehead atoms.